The van der Waals surface area contributed by atoms with Crippen LogP contribution in [-0.4, -0.2) is 30.1 Å². The van der Waals surface area contributed by atoms with Crippen molar-refractivity contribution in [2.75, 3.05) is 7.11 Å². The van der Waals surface area contributed by atoms with E-state index in [4.69, 9.17) is 4.74 Å². The number of benzene rings is 1. The molecule has 0 unspecified atom stereocenters. The van der Waals surface area contributed by atoms with Crippen molar-refractivity contribution in [1.82, 2.24) is 5.32 Å². The molecule has 0 amide bonds. The van der Waals surface area contributed by atoms with Gasteiger partial charge >= 0.3 is 5.97 Å². The molecule has 0 saturated carbocycles. The zero-order chi connectivity index (χ0) is 15.6. The molecule has 6 nitrogen and oxygen atoms in total. The van der Waals surface area contributed by atoms with Crippen molar-refractivity contribution in [3.8, 4) is 0 Å². The molecule has 1 saturated heterocycles. The van der Waals surface area contributed by atoms with Crippen LogP contribution in [0.4, 0.5) is 0 Å². The summed E-state index contributed by atoms with van der Waals surface area (Å²) in [5.41, 5.74) is 0.816. The van der Waals surface area contributed by atoms with Gasteiger partial charge in [0.25, 0.3) is 0 Å². The molecule has 21 heavy (non-hydrogen) atoms. The number of ether oxygens (including phenoxy) is 1. The molecule has 1 aliphatic heterocycles. The SMILES string of the molecule is COC(=O)[C@H]1N[C@@H](c2ccccc2)[C@@H]([N+](=O)[O-])[C@@H]1C(C)C. The average Bonchev–Trinajstić information content (AvgIpc) is 2.88. The molecule has 0 aliphatic carbocycles. The summed E-state index contributed by atoms with van der Waals surface area (Å²) in [7, 11) is 1.30. The Kier molecular flexibility index (Phi) is 4.57. The second-order valence-corrected chi connectivity index (χ2v) is 5.65. The molecule has 4 atom stereocenters. The average molecular weight is 292 g/mol. The first-order chi connectivity index (χ1) is 9.97. The van der Waals surface area contributed by atoms with Crippen LogP contribution >= 0.6 is 0 Å². The normalized spacial score (nSPS) is 28.6. The minimum Gasteiger partial charge on any atom is -0.468 e. The number of nitro groups is 1. The number of methoxy groups -OCH3 is 1. The molecular formula is C15H20N2O4. The highest BCUT2D eigenvalue weighted by molar-refractivity contribution is 5.77. The van der Waals surface area contributed by atoms with Crippen LogP contribution in [0.5, 0.6) is 0 Å². The second kappa shape index (κ2) is 6.22. The van der Waals surface area contributed by atoms with Crippen LogP contribution < -0.4 is 5.32 Å². The van der Waals surface area contributed by atoms with E-state index >= 15 is 0 Å². The van der Waals surface area contributed by atoms with Crippen molar-refractivity contribution >= 4 is 5.97 Å². The van der Waals surface area contributed by atoms with E-state index in [1.165, 1.54) is 7.11 Å². The maximum absolute atomic E-state index is 12.0. The summed E-state index contributed by atoms with van der Waals surface area (Å²) in [5.74, 6) is -0.859. The Hall–Kier alpha value is -1.95. The third-order valence-corrected chi connectivity index (χ3v) is 4.11. The minimum absolute atomic E-state index is 0.00860. The van der Waals surface area contributed by atoms with Crippen LogP contribution in [0.1, 0.15) is 25.5 Å². The summed E-state index contributed by atoms with van der Waals surface area (Å²) in [6, 6.07) is 7.21. The smallest absolute Gasteiger partial charge is 0.323 e. The third kappa shape index (κ3) is 2.90. The summed E-state index contributed by atoms with van der Waals surface area (Å²) in [4.78, 5) is 23.3. The number of carbonyl (C=O) groups is 1. The van der Waals surface area contributed by atoms with Gasteiger partial charge < -0.3 is 4.74 Å². The summed E-state index contributed by atoms with van der Waals surface area (Å²) in [6.07, 6.45) is 0. The van der Waals surface area contributed by atoms with Gasteiger partial charge in [0.15, 0.2) is 0 Å². The van der Waals surface area contributed by atoms with Gasteiger partial charge in [0, 0.05) is 4.92 Å². The monoisotopic (exact) mass is 292 g/mol. The summed E-state index contributed by atoms with van der Waals surface area (Å²) >= 11 is 0. The van der Waals surface area contributed by atoms with Gasteiger partial charge in [0.1, 0.15) is 12.1 Å². The van der Waals surface area contributed by atoms with E-state index in [0.29, 0.717) is 0 Å². The first kappa shape index (κ1) is 15.4. The van der Waals surface area contributed by atoms with Crippen LogP contribution in [0, 0.1) is 22.0 Å². The number of rotatable bonds is 4. The Morgan fingerprint density at radius 3 is 2.43 bits per heavy atom. The fraction of sp³-hybridized carbons (Fsp3) is 0.533. The molecule has 1 aliphatic rings. The van der Waals surface area contributed by atoms with Gasteiger partial charge in [-0.3, -0.25) is 20.2 Å². The molecule has 0 bridgehead atoms. The predicted octanol–water partition coefficient (Wildman–Crippen LogP) is 1.79. The number of esters is 1. The van der Waals surface area contributed by atoms with Crippen LogP contribution in [0.3, 0.4) is 0 Å². The van der Waals surface area contributed by atoms with Gasteiger partial charge in [0.2, 0.25) is 6.04 Å². The molecule has 0 aromatic heterocycles. The molecule has 0 spiro atoms. The summed E-state index contributed by atoms with van der Waals surface area (Å²) < 4.78 is 4.80. The fourth-order valence-electron chi connectivity index (χ4n) is 3.17. The number of hydrogen-bond donors (Lipinski definition) is 1. The fourth-order valence-corrected chi connectivity index (χ4v) is 3.17. The quantitative estimate of drug-likeness (QED) is 0.520. The molecule has 2 rings (SSSR count). The summed E-state index contributed by atoms with van der Waals surface area (Å²) in [5, 5.41) is 14.7. The highest BCUT2D eigenvalue weighted by Crippen LogP contribution is 2.38. The zero-order valence-electron chi connectivity index (χ0n) is 12.4. The van der Waals surface area contributed by atoms with Crippen molar-refractivity contribution < 1.29 is 14.5 Å². The number of carbonyl (C=O) groups excluding carboxylic acids is 1. The van der Waals surface area contributed by atoms with Crippen molar-refractivity contribution in [2.45, 2.75) is 32.0 Å². The molecule has 6 heteroatoms. The van der Waals surface area contributed by atoms with E-state index in [0.717, 1.165) is 5.56 Å². The maximum atomic E-state index is 12.0. The molecule has 0 radical (unpaired) electrons. The molecule has 114 valence electrons. The van der Waals surface area contributed by atoms with Crippen molar-refractivity contribution in [3.05, 3.63) is 46.0 Å². The highest BCUT2D eigenvalue weighted by Gasteiger charge is 2.55. The van der Waals surface area contributed by atoms with Crippen LogP contribution in [0.25, 0.3) is 0 Å². The van der Waals surface area contributed by atoms with E-state index in [9.17, 15) is 14.9 Å². The Morgan fingerprint density at radius 1 is 1.33 bits per heavy atom. The lowest BCUT2D eigenvalue weighted by Crippen LogP contribution is -2.41. The first-order valence-corrected chi connectivity index (χ1v) is 6.99. The molecule has 1 N–H and O–H groups in total. The van der Waals surface area contributed by atoms with E-state index in [1.54, 1.807) is 0 Å². The predicted molar refractivity (Wildman–Crippen MR) is 77.2 cm³/mol. The van der Waals surface area contributed by atoms with E-state index in [-0.39, 0.29) is 10.8 Å². The second-order valence-electron chi connectivity index (χ2n) is 5.65. The van der Waals surface area contributed by atoms with Crippen LogP contribution in [-0.2, 0) is 9.53 Å². The molecule has 1 aromatic carbocycles. The topological polar surface area (TPSA) is 81.5 Å². The van der Waals surface area contributed by atoms with Crippen molar-refractivity contribution in [2.24, 2.45) is 11.8 Å². The van der Waals surface area contributed by atoms with Gasteiger partial charge in [-0.1, -0.05) is 44.2 Å². The van der Waals surface area contributed by atoms with Crippen molar-refractivity contribution in [1.29, 1.82) is 0 Å². The standard InChI is InChI=1S/C15H20N2O4/c1-9(2)11-13(15(18)21-3)16-12(14(11)17(19)20)10-7-5-4-6-8-10/h4-9,11-14,16H,1-3H3/t11-,12+,13+,14+/m1/s1. The van der Waals surface area contributed by atoms with Gasteiger partial charge in [0.05, 0.1) is 13.0 Å². The van der Waals surface area contributed by atoms with Crippen LogP contribution in [0.2, 0.25) is 0 Å². The number of hydrogen-bond acceptors (Lipinski definition) is 5. The van der Waals surface area contributed by atoms with Gasteiger partial charge in [-0.05, 0) is 11.5 Å². The lowest BCUT2D eigenvalue weighted by atomic mass is 9.83. The molecule has 1 fully saturated rings. The molecule has 1 heterocycles. The molecular weight excluding hydrogens is 272 g/mol. The lowest BCUT2D eigenvalue weighted by Gasteiger charge is -2.21. The van der Waals surface area contributed by atoms with Crippen LogP contribution in [0.15, 0.2) is 30.3 Å². The van der Waals surface area contributed by atoms with Gasteiger partial charge in [-0.2, -0.15) is 0 Å². The van der Waals surface area contributed by atoms with Gasteiger partial charge in [-0.25, -0.2) is 0 Å². The Balaban J connectivity index is 2.42. The van der Waals surface area contributed by atoms with E-state index in [1.807, 2.05) is 44.2 Å². The lowest BCUT2D eigenvalue weighted by molar-refractivity contribution is -0.534. The Bertz CT molecular complexity index is 518. The first-order valence-electron chi connectivity index (χ1n) is 6.99. The largest absolute Gasteiger partial charge is 0.468 e. The maximum Gasteiger partial charge on any atom is 0.323 e. The highest BCUT2D eigenvalue weighted by atomic mass is 16.6. The molecule has 1 aromatic rings. The number of nitrogens with one attached hydrogen (secondary N) is 1. The summed E-state index contributed by atoms with van der Waals surface area (Å²) in [6.45, 7) is 3.79. The van der Waals surface area contributed by atoms with E-state index in [2.05, 4.69) is 5.32 Å². The number of nitrogens with zero attached hydrogens (tertiary/aromatic N) is 1. The van der Waals surface area contributed by atoms with E-state index < -0.39 is 30.0 Å². The Labute approximate surface area is 123 Å². The Morgan fingerprint density at radius 2 is 1.95 bits per heavy atom. The zero-order valence-corrected chi connectivity index (χ0v) is 12.4. The minimum atomic E-state index is -0.850. The third-order valence-electron chi connectivity index (χ3n) is 4.11. The van der Waals surface area contributed by atoms with Crippen molar-refractivity contribution in [3.63, 3.8) is 0 Å². The van der Waals surface area contributed by atoms with Gasteiger partial charge in [-0.15, -0.1) is 0 Å².